The molecular formula is C11H16N2O3. The van der Waals surface area contributed by atoms with E-state index in [2.05, 4.69) is 5.32 Å². The second kappa shape index (κ2) is 3.45. The van der Waals surface area contributed by atoms with E-state index in [0.29, 0.717) is 26.1 Å². The summed E-state index contributed by atoms with van der Waals surface area (Å²) in [6.07, 6.45) is 2.97. The van der Waals surface area contributed by atoms with E-state index < -0.39 is 5.54 Å². The minimum atomic E-state index is -0.657. The molecule has 1 N–H and O–H groups in total. The number of nitrogens with zero attached hydrogens (tertiary/aromatic N) is 1. The van der Waals surface area contributed by atoms with E-state index >= 15 is 0 Å². The second-order valence-corrected chi connectivity index (χ2v) is 4.84. The third-order valence-electron chi connectivity index (χ3n) is 3.93. The topological polar surface area (TPSA) is 58.6 Å². The van der Waals surface area contributed by atoms with Gasteiger partial charge in [-0.05, 0) is 12.8 Å². The van der Waals surface area contributed by atoms with Gasteiger partial charge in [-0.1, -0.05) is 0 Å². The predicted octanol–water partition coefficient (Wildman–Crippen LogP) is -0.344. The highest BCUT2D eigenvalue weighted by molar-refractivity contribution is 6.00. The fraction of sp³-hybridized carbons (Fsp3) is 0.818. The molecule has 0 aromatic carbocycles. The third-order valence-corrected chi connectivity index (χ3v) is 3.93. The van der Waals surface area contributed by atoms with Crippen LogP contribution in [-0.4, -0.2) is 48.1 Å². The van der Waals surface area contributed by atoms with E-state index in [-0.39, 0.29) is 17.9 Å². The van der Waals surface area contributed by atoms with Crippen LogP contribution in [-0.2, 0) is 14.3 Å². The molecule has 16 heavy (non-hydrogen) atoms. The van der Waals surface area contributed by atoms with Gasteiger partial charge in [0.1, 0.15) is 11.6 Å². The maximum Gasteiger partial charge on any atom is 0.249 e. The highest BCUT2D eigenvalue weighted by Gasteiger charge is 2.52. The summed E-state index contributed by atoms with van der Waals surface area (Å²) < 4.78 is 5.27. The van der Waals surface area contributed by atoms with Gasteiger partial charge in [0.25, 0.3) is 0 Å². The maximum absolute atomic E-state index is 12.4. The second-order valence-electron chi connectivity index (χ2n) is 4.84. The summed E-state index contributed by atoms with van der Waals surface area (Å²) in [5.74, 6) is 0.136. The molecule has 0 unspecified atom stereocenters. The first kappa shape index (κ1) is 10.1. The van der Waals surface area contributed by atoms with Gasteiger partial charge in [-0.15, -0.1) is 0 Å². The zero-order valence-electron chi connectivity index (χ0n) is 9.20. The molecule has 3 aliphatic rings. The number of piperazine rings is 1. The molecule has 0 bridgehead atoms. The number of ether oxygens (including phenoxy) is 1. The Kier molecular flexibility index (Phi) is 2.17. The fourth-order valence-electron chi connectivity index (χ4n) is 2.99. The summed E-state index contributed by atoms with van der Waals surface area (Å²) in [5, 5.41) is 2.94. The van der Waals surface area contributed by atoms with Crippen LogP contribution in [0.5, 0.6) is 0 Å². The molecule has 88 valence electrons. The molecule has 5 nitrogen and oxygen atoms in total. The molecule has 1 spiro atoms. The zero-order valence-corrected chi connectivity index (χ0v) is 9.20. The first-order chi connectivity index (χ1) is 7.73. The molecule has 3 heterocycles. The summed E-state index contributed by atoms with van der Waals surface area (Å²) in [5.41, 5.74) is -0.657. The van der Waals surface area contributed by atoms with Crippen molar-refractivity contribution in [3.8, 4) is 0 Å². The Bertz CT molecular complexity index is 336. The first-order valence-corrected chi connectivity index (χ1v) is 5.94. The smallest absolute Gasteiger partial charge is 0.249 e. The number of fused-ring (bicyclic) bond motifs is 1. The number of rotatable bonds is 0. The third kappa shape index (κ3) is 1.27. The number of nitrogens with one attached hydrogen (secondary N) is 1. The van der Waals surface area contributed by atoms with Crippen LogP contribution >= 0.6 is 0 Å². The van der Waals surface area contributed by atoms with Crippen molar-refractivity contribution >= 4 is 11.8 Å². The molecule has 0 aliphatic carbocycles. The van der Waals surface area contributed by atoms with Gasteiger partial charge in [0.05, 0.1) is 0 Å². The minimum absolute atomic E-state index is 0.0269. The molecule has 3 saturated heterocycles. The molecule has 0 saturated carbocycles. The van der Waals surface area contributed by atoms with E-state index in [1.165, 1.54) is 0 Å². The number of hydrogen-bond donors (Lipinski definition) is 1. The Hall–Kier alpha value is -1.10. The number of carbonyl (C=O) groups excluding carboxylic acids is 2. The Morgan fingerprint density at radius 3 is 2.81 bits per heavy atom. The van der Waals surface area contributed by atoms with Gasteiger partial charge in [-0.25, -0.2) is 0 Å². The highest BCUT2D eigenvalue weighted by atomic mass is 16.5. The van der Waals surface area contributed by atoms with Crippen molar-refractivity contribution in [1.82, 2.24) is 10.2 Å². The SMILES string of the molecule is O=C1NC2(CCOCC2)C(=O)N2CCC[C@H]12. The summed E-state index contributed by atoms with van der Waals surface area (Å²) in [6, 6.07) is -0.207. The Morgan fingerprint density at radius 2 is 2.06 bits per heavy atom. The van der Waals surface area contributed by atoms with Crippen LogP contribution < -0.4 is 5.32 Å². The van der Waals surface area contributed by atoms with Crippen molar-refractivity contribution in [2.24, 2.45) is 0 Å². The molecule has 3 rings (SSSR count). The van der Waals surface area contributed by atoms with Gasteiger partial charge in [0, 0.05) is 32.6 Å². The zero-order chi connectivity index (χ0) is 11.2. The Labute approximate surface area is 94.1 Å². The molecule has 0 aromatic heterocycles. The molecule has 0 radical (unpaired) electrons. The van der Waals surface area contributed by atoms with E-state index in [0.717, 1.165) is 19.4 Å². The summed E-state index contributed by atoms with van der Waals surface area (Å²) in [7, 11) is 0. The molecule has 5 heteroatoms. The van der Waals surface area contributed by atoms with Gasteiger partial charge < -0.3 is 15.0 Å². The predicted molar refractivity (Wildman–Crippen MR) is 55.7 cm³/mol. The van der Waals surface area contributed by atoms with Gasteiger partial charge in [0.2, 0.25) is 11.8 Å². The molecule has 1 atom stereocenters. The quantitative estimate of drug-likeness (QED) is 0.612. The van der Waals surface area contributed by atoms with Crippen LogP contribution in [0.15, 0.2) is 0 Å². The monoisotopic (exact) mass is 224 g/mol. The highest BCUT2D eigenvalue weighted by Crippen LogP contribution is 2.32. The van der Waals surface area contributed by atoms with Crippen LogP contribution in [0.2, 0.25) is 0 Å². The molecule has 0 aromatic rings. The standard InChI is InChI=1S/C11H16N2O3/c14-9-8-2-1-5-13(8)10(15)11(12-9)3-6-16-7-4-11/h8H,1-7H2,(H,12,14)/t8-/m1/s1. The van der Waals surface area contributed by atoms with Crippen molar-refractivity contribution in [2.75, 3.05) is 19.8 Å². The van der Waals surface area contributed by atoms with E-state index in [1.54, 1.807) is 4.90 Å². The first-order valence-electron chi connectivity index (χ1n) is 5.94. The number of hydrogen-bond acceptors (Lipinski definition) is 3. The van der Waals surface area contributed by atoms with Crippen LogP contribution in [0.4, 0.5) is 0 Å². The molecule has 3 fully saturated rings. The van der Waals surface area contributed by atoms with Crippen molar-refractivity contribution in [2.45, 2.75) is 37.3 Å². The lowest BCUT2D eigenvalue weighted by Gasteiger charge is -2.45. The molecule has 3 aliphatic heterocycles. The molecule has 2 amide bonds. The van der Waals surface area contributed by atoms with Crippen molar-refractivity contribution < 1.29 is 14.3 Å². The lowest BCUT2D eigenvalue weighted by molar-refractivity contribution is -0.156. The lowest BCUT2D eigenvalue weighted by Crippen LogP contribution is -2.70. The Morgan fingerprint density at radius 1 is 1.31 bits per heavy atom. The molecular weight excluding hydrogens is 208 g/mol. The van der Waals surface area contributed by atoms with E-state index in [4.69, 9.17) is 4.74 Å². The lowest BCUT2D eigenvalue weighted by atomic mass is 9.85. The van der Waals surface area contributed by atoms with Gasteiger partial charge >= 0.3 is 0 Å². The fourth-order valence-corrected chi connectivity index (χ4v) is 2.99. The van der Waals surface area contributed by atoms with E-state index in [9.17, 15) is 9.59 Å². The summed E-state index contributed by atoms with van der Waals surface area (Å²) in [6.45, 7) is 1.86. The van der Waals surface area contributed by atoms with Crippen molar-refractivity contribution in [3.05, 3.63) is 0 Å². The van der Waals surface area contributed by atoms with Crippen LogP contribution in [0.1, 0.15) is 25.7 Å². The largest absolute Gasteiger partial charge is 0.381 e. The van der Waals surface area contributed by atoms with Gasteiger partial charge in [0.15, 0.2) is 0 Å². The van der Waals surface area contributed by atoms with Crippen LogP contribution in [0.3, 0.4) is 0 Å². The van der Waals surface area contributed by atoms with Crippen molar-refractivity contribution in [1.29, 1.82) is 0 Å². The van der Waals surface area contributed by atoms with Crippen LogP contribution in [0, 0.1) is 0 Å². The van der Waals surface area contributed by atoms with Crippen LogP contribution in [0.25, 0.3) is 0 Å². The number of carbonyl (C=O) groups is 2. The number of amides is 2. The maximum atomic E-state index is 12.4. The van der Waals surface area contributed by atoms with E-state index in [1.807, 2.05) is 0 Å². The minimum Gasteiger partial charge on any atom is -0.381 e. The Balaban J connectivity index is 1.90. The van der Waals surface area contributed by atoms with Gasteiger partial charge in [-0.2, -0.15) is 0 Å². The van der Waals surface area contributed by atoms with Crippen molar-refractivity contribution in [3.63, 3.8) is 0 Å². The average Bonchev–Trinajstić information content (AvgIpc) is 2.77. The van der Waals surface area contributed by atoms with Gasteiger partial charge in [-0.3, -0.25) is 9.59 Å². The summed E-state index contributed by atoms with van der Waals surface area (Å²) >= 11 is 0. The summed E-state index contributed by atoms with van der Waals surface area (Å²) in [4.78, 5) is 26.1. The normalized spacial score (nSPS) is 32.8. The average molecular weight is 224 g/mol.